The molecule has 2 rings (SSSR count). The molecule has 0 aromatic carbocycles. The molecule has 0 aromatic heterocycles. The Bertz CT molecular complexity index is 257. The highest BCUT2D eigenvalue weighted by atomic mass is 16.2. The number of nitrogens with one attached hydrogen (secondary N) is 1. The van der Waals surface area contributed by atoms with Crippen LogP contribution in [0.5, 0.6) is 0 Å². The summed E-state index contributed by atoms with van der Waals surface area (Å²) in [5, 5.41) is 3.14. The second-order valence-electron chi connectivity index (χ2n) is 5.31. The third kappa shape index (κ3) is 2.74. The maximum atomic E-state index is 12.0. The molecule has 0 radical (unpaired) electrons. The van der Waals surface area contributed by atoms with Crippen LogP contribution in [0.3, 0.4) is 0 Å². The van der Waals surface area contributed by atoms with Crippen molar-refractivity contribution in [1.29, 1.82) is 0 Å². The van der Waals surface area contributed by atoms with E-state index in [0.717, 1.165) is 32.4 Å². The summed E-state index contributed by atoms with van der Waals surface area (Å²) < 4.78 is 0. The topological polar surface area (TPSA) is 58.4 Å². The van der Waals surface area contributed by atoms with E-state index in [2.05, 4.69) is 17.3 Å². The Morgan fingerprint density at radius 2 is 2.06 bits per heavy atom. The average Bonchev–Trinajstić information content (AvgIpc) is 2.68. The fourth-order valence-electron chi connectivity index (χ4n) is 2.79. The number of carbonyl (C=O) groups excluding carboxylic acids is 1. The second-order valence-corrected chi connectivity index (χ2v) is 5.31. The van der Waals surface area contributed by atoms with Gasteiger partial charge in [0.2, 0.25) is 5.91 Å². The van der Waals surface area contributed by atoms with E-state index in [1.807, 2.05) is 0 Å². The molecule has 1 heterocycles. The summed E-state index contributed by atoms with van der Waals surface area (Å²) in [5.74, 6) is 0.394. The highest BCUT2D eigenvalue weighted by molar-refractivity contribution is 5.79. The number of rotatable bonds is 2. The summed E-state index contributed by atoms with van der Waals surface area (Å²) in [7, 11) is 2.07. The van der Waals surface area contributed by atoms with Crippen molar-refractivity contribution in [1.82, 2.24) is 10.2 Å². The zero-order chi connectivity index (χ0) is 11.5. The number of amides is 1. The first-order valence-corrected chi connectivity index (χ1v) is 6.41. The van der Waals surface area contributed by atoms with Crippen LogP contribution in [-0.2, 0) is 4.79 Å². The van der Waals surface area contributed by atoms with Crippen molar-refractivity contribution < 1.29 is 4.79 Å². The maximum absolute atomic E-state index is 12.0. The summed E-state index contributed by atoms with van der Waals surface area (Å²) in [5.41, 5.74) is 6.03. The fourth-order valence-corrected chi connectivity index (χ4v) is 2.79. The standard InChI is InChI=1S/C12H23N3O/c1-15-7-6-9(8-15)12(16)14-11-5-3-2-4-10(11)13/h9-11H,2-8,13H2,1H3,(H,14,16). The van der Waals surface area contributed by atoms with Crippen molar-refractivity contribution in [2.45, 2.75) is 44.2 Å². The zero-order valence-corrected chi connectivity index (χ0v) is 10.1. The highest BCUT2D eigenvalue weighted by Crippen LogP contribution is 2.19. The Morgan fingerprint density at radius 1 is 1.31 bits per heavy atom. The molecule has 0 bridgehead atoms. The van der Waals surface area contributed by atoms with Crippen molar-refractivity contribution >= 4 is 5.91 Å². The molecule has 2 fully saturated rings. The lowest BCUT2D eigenvalue weighted by molar-refractivity contribution is -0.125. The second kappa shape index (κ2) is 5.15. The molecule has 3 N–H and O–H groups in total. The van der Waals surface area contributed by atoms with Crippen molar-refractivity contribution in [2.24, 2.45) is 11.7 Å². The molecule has 4 heteroatoms. The van der Waals surface area contributed by atoms with E-state index in [0.29, 0.717) is 0 Å². The normalized spacial score (nSPS) is 36.2. The molecule has 0 aromatic rings. The quantitative estimate of drug-likeness (QED) is 0.712. The minimum atomic E-state index is 0.164. The molecule has 92 valence electrons. The highest BCUT2D eigenvalue weighted by Gasteiger charge is 2.30. The number of hydrogen-bond donors (Lipinski definition) is 2. The van der Waals surface area contributed by atoms with Gasteiger partial charge in [-0.1, -0.05) is 12.8 Å². The Kier molecular flexibility index (Phi) is 3.82. The number of nitrogens with zero attached hydrogens (tertiary/aromatic N) is 1. The minimum absolute atomic E-state index is 0.164. The van der Waals surface area contributed by atoms with Crippen molar-refractivity contribution in [3.8, 4) is 0 Å². The first kappa shape index (κ1) is 11.9. The van der Waals surface area contributed by atoms with Crippen LogP contribution in [0.1, 0.15) is 32.1 Å². The van der Waals surface area contributed by atoms with Gasteiger partial charge in [0.15, 0.2) is 0 Å². The van der Waals surface area contributed by atoms with Gasteiger partial charge in [-0.15, -0.1) is 0 Å². The van der Waals surface area contributed by atoms with Gasteiger partial charge >= 0.3 is 0 Å². The molecule has 3 atom stereocenters. The number of likely N-dealkylation sites (tertiary alicyclic amines) is 1. The number of nitrogens with two attached hydrogens (primary N) is 1. The monoisotopic (exact) mass is 225 g/mol. The van der Waals surface area contributed by atoms with E-state index in [-0.39, 0.29) is 23.9 Å². The lowest BCUT2D eigenvalue weighted by atomic mass is 9.90. The predicted octanol–water partition coefficient (Wildman–Crippen LogP) is 0.324. The molecule has 1 aliphatic carbocycles. The molecule has 2 aliphatic rings. The molecule has 4 nitrogen and oxygen atoms in total. The minimum Gasteiger partial charge on any atom is -0.352 e. The van der Waals surface area contributed by atoms with E-state index in [4.69, 9.17) is 5.73 Å². The first-order valence-electron chi connectivity index (χ1n) is 6.41. The predicted molar refractivity (Wildman–Crippen MR) is 64.0 cm³/mol. The Morgan fingerprint density at radius 3 is 2.69 bits per heavy atom. The smallest absolute Gasteiger partial charge is 0.224 e. The van der Waals surface area contributed by atoms with Gasteiger partial charge in [-0.05, 0) is 32.9 Å². The first-order chi connectivity index (χ1) is 7.66. The largest absolute Gasteiger partial charge is 0.352 e. The van der Waals surface area contributed by atoms with Crippen molar-refractivity contribution in [3.63, 3.8) is 0 Å². The molecule has 3 unspecified atom stereocenters. The fraction of sp³-hybridized carbons (Fsp3) is 0.917. The molecule has 1 aliphatic heterocycles. The third-order valence-corrected chi connectivity index (χ3v) is 3.91. The van der Waals surface area contributed by atoms with Crippen LogP contribution in [0, 0.1) is 5.92 Å². The number of hydrogen-bond acceptors (Lipinski definition) is 3. The Hall–Kier alpha value is -0.610. The van der Waals surface area contributed by atoms with Crippen LogP contribution in [0.25, 0.3) is 0 Å². The van der Waals surface area contributed by atoms with Crippen LogP contribution in [0.15, 0.2) is 0 Å². The van der Waals surface area contributed by atoms with Crippen molar-refractivity contribution in [2.75, 3.05) is 20.1 Å². The number of carbonyl (C=O) groups is 1. The van der Waals surface area contributed by atoms with Gasteiger partial charge in [0, 0.05) is 18.6 Å². The van der Waals surface area contributed by atoms with Gasteiger partial charge in [0.25, 0.3) is 0 Å². The summed E-state index contributed by atoms with van der Waals surface area (Å²) in [4.78, 5) is 14.2. The van der Waals surface area contributed by atoms with Gasteiger partial charge < -0.3 is 16.0 Å². The van der Waals surface area contributed by atoms with Gasteiger partial charge in [-0.2, -0.15) is 0 Å². The van der Waals surface area contributed by atoms with Crippen LogP contribution in [-0.4, -0.2) is 43.0 Å². The van der Waals surface area contributed by atoms with Gasteiger partial charge in [-0.25, -0.2) is 0 Å². The van der Waals surface area contributed by atoms with Crippen LogP contribution in [0.4, 0.5) is 0 Å². The summed E-state index contributed by atoms with van der Waals surface area (Å²) >= 11 is 0. The molecule has 16 heavy (non-hydrogen) atoms. The summed E-state index contributed by atoms with van der Waals surface area (Å²) in [6, 6.07) is 0.379. The van der Waals surface area contributed by atoms with E-state index >= 15 is 0 Å². The molecule has 1 saturated carbocycles. The Labute approximate surface area is 97.6 Å². The van der Waals surface area contributed by atoms with Gasteiger partial charge in [-0.3, -0.25) is 4.79 Å². The average molecular weight is 225 g/mol. The summed E-state index contributed by atoms with van der Waals surface area (Å²) in [6.45, 7) is 1.93. The van der Waals surface area contributed by atoms with Gasteiger partial charge in [0.1, 0.15) is 0 Å². The van der Waals surface area contributed by atoms with E-state index < -0.39 is 0 Å². The van der Waals surface area contributed by atoms with Crippen molar-refractivity contribution in [3.05, 3.63) is 0 Å². The lowest BCUT2D eigenvalue weighted by Crippen LogP contribution is -2.51. The van der Waals surface area contributed by atoms with E-state index in [9.17, 15) is 4.79 Å². The molecule has 0 spiro atoms. The molecular weight excluding hydrogens is 202 g/mol. The summed E-state index contributed by atoms with van der Waals surface area (Å²) in [6.07, 6.45) is 5.50. The lowest BCUT2D eigenvalue weighted by Gasteiger charge is -2.30. The van der Waals surface area contributed by atoms with Crippen LogP contribution in [0.2, 0.25) is 0 Å². The molecule has 1 amide bonds. The maximum Gasteiger partial charge on any atom is 0.224 e. The van der Waals surface area contributed by atoms with E-state index in [1.54, 1.807) is 0 Å². The Balaban J connectivity index is 1.82. The SMILES string of the molecule is CN1CCC(C(=O)NC2CCCCC2N)C1. The van der Waals surface area contributed by atoms with E-state index in [1.165, 1.54) is 12.8 Å². The van der Waals surface area contributed by atoms with Crippen LogP contribution < -0.4 is 11.1 Å². The zero-order valence-electron chi connectivity index (χ0n) is 10.1. The molecular formula is C12H23N3O. The third-order valence-electron chi connectivity index (χ3n) is 3.91. The molecule has 1 saturated heterocycles. The van der Waals surface area contributed by atoms with Crippen LogP contribution >= 0.6 is 0 Å². The van der Waals surface area contributed by atoms with Gasteiger partial charge in [0.05, 0.1) is 5.92 Å².